The van der Waals surface area contributed by atoms with Crippen LogP contribution in [0, 0.1) is 0 Å². The lowest BCUT2D eigenvalue weighted by atomic mass is 10.2. The van der Waals surface area contributed by atoms with E-state index in [0.717, 1.165) is 5.56 Å². The van der Waals surface area contributed by atoms with Crippen molar-refractivity contribution < 1.29 is 14.3 Å². The molecule has 0 aliphatic carbocycles. The molecule has 0 fully saturated rings. The molecular formula is C15H18N2O3. The van der Waals surface area contributed by atoms with Crippen LogP contribution in [-0.2, 0) is 11.3 Å². The van der Waals surface area contributed by atoms with Gasteiger partial charge in [0.05, 0.1) is 12.8 Å². The molecule has 1 amide bonds. The highest BCUT2D eigenvalue weighted by Crippen LogP contribution is 2.11. The molecule has 0 saturated heterocycles. The van der Waals surface area contributed by atoms with E-state index in [0.29, 0.717) is 12.3 Å². The van der Waals surface area contributed by atoms with Gasteiger partial charge in [0.2, 0.25) is 5.91 Å². The fourth-order valence-corrected chi connectivity index (χ4v) is 1.76. The van der Waals surface area contributed by atoms with Gasteiger partial charge in [0.1, 0.15) is 11.9 Å². The molecule has 3 N–H and O–H groups in total. The Morgan fingerprint density at radius 2 is 2.00 bits per heavy atom. The maximum atomic E-state index is 11.6. The Hall–Kier alpha value is -2.11. The molecular weight excluding hydrogens is 256 g/mol. The van der Waals surface area contributed by atoms with Crippen LogP contribution in [0.5, 0.6) is 0 Å². The van der Waals surface area contributed by atoms with Gasteiger partial charge in [0.25, 0.3) is 0 Å². The van der Waals surface area contributed by atoms with Gasteiger partial charge in [0.15, 0.2) is 0 Å². The van der Waals surface area contributed by atoms with Crippen molar-refractivity contribution >= 4 is 5.91 Å². The van der Waals surface area contributed by atoms with Crippen LogP contribution < -0.4 is 10.6 Å². The van der Waals surface area contributed by atoms with Crippen molar-refractivity contribution in [3.8, 4) is 0 Å². The lowest BCUT2D eigenvalue weighted by molar-refractivity contribution is -0.120. The zero-order chi connectivity index (χ0) is 14.2. The number of amides is 1. The van der Waals surface area contributed by atoms with Gasteiger partial charge in [-0.25, -0.2) is 0 Å². The van der Waals surface area contributed by atoms with Crippen LogP contribution in [-0.4, -0.2) is 24.1 Å². The summed E-state index contributed by atoms with van der Waals surface area (Å²) in [6.07, 6.45) is 0.761. The highest BCUT2D eigenvalue weighted by Gasteiger charge is 2.10. The minimum atomic E-state index is -0.744. The molecule has 0 radical (unpaired) electrons. The van der Waals surface area contributed by atoms with E-state index in [1.807, 2.05) is 30.3 Å². The maximum absolute atomic E-state index is 11.6. The Bertz CT molecular complexity index is 511. The average Bonchev–Trinajstić information content (AvgIpc) is 3.00. The number of aliphatic hydroxyl groups is 1. The van der Waals surface area contributed by atoms with Crippen LogP contribution in [0.15, 0.2) is 53.1 Å². The average molecular weight is 274 g/mol. The molecule has 106 valence electrons. The van der Waals surface area contributed by atoms with Gasteiger partial charge in [-0.2, -0.15) is 0 Å². The molecule has 20 heavy (non-hydrogen) atoms. The van der Waals surface area contributed by atoms with E-state index in [-0.39, 0.29) is 19.0 Å². The van der Waals surface area contributed by atoms with Crippen molar-refractivity contribution in [2.75, 3.05) is 13.1 Å². The Kier molecular flexibility index (Phi) is 5.34. The number of furan rings is 1. The van der Waals surface area contributed by atoms with Crippen LogP contribution in [0.25, 0.3) is 0 Å². The first-order valence-corrected chi connectivity index (χ1v) is 6.48. The zero-order valence-electron chi connectivity index (χ0n) is 11.1. The first kappa shape index (κ1) is 14.3. The normalized spacial score (nSPS) is 12.1. The summed E-state index contributed by atoms with van der Waals surface area (Å²) in [5.74, 6) is 0.377. The summed E-state index contributed by atoms with van der Waals surface area (Å²) in [4.78, 5) is 11.6. The fraction of sp³-hybridized carbons (Fsp3) is 0.267. The van der Waals surface area contributed by atoms with Crippen molar-refractivity contribution in [3.63, 3.8) is 0 Å². The minimum absolute atomic E-state index is 0.111. The van der Waals surface area contributed by atoms with E-state index in [1.165, 1.54) is 6.26 Å². The van der Waals surface area contributed by atoms with Crippen LogP contribution >= 0.6 is 0 Å². The molecule has 2 rings (SSSR count). The first-order valence-electron chi connectivity index (χ1n) is 6.48. The van der Waals surface area contributed by atoms with E-state index in [9.17, 15) is 9.90 Å². The van der Waals surface area contributed by atoms with Crippen molar-refractivity contribution in [2.24, 2.45) is 0 Å². The SMILES string of the molecule is O=C(CNCC(O)c1ccco1)NCc1ccccc1. The van der Waals surface area contributed by atoms with Gasteiger partial charge in [-0.1, -0.05) is 30.3 Å². The minimum Gasteiger partial charge on any atom is -0.467 e. The van der Waals surface area contributed by atoms with Crippen molar-refractivity contribution in [2.45, 2.75) is 12.6 Å². The number of nitrogens with one attached hydrogen (secondary N) is 2. The van der Waals surface area contributed by atoms with Gasteiger partial charge in [0, 0.05) is 13.1 Å². The third-order valence-electron chi connectivity index (χ3n) is 2.83. The Labute approximate surface area is 117 Å². The van der Waals surface area contributed by atoms with Gasteiger partial charge >= 0.3 is 0 Å². The number of rotatable bonds is 7. The largest absolute Gasteiger partial charge is 0.467 e. The Morgan fingerprint density at radius 1 is 1.20 bits per heavy atom. The second kappa shape index (κ2) is 7.47. The smallest absolute Gasteiger partial charge is 0.234 e. The lowest BCUT2D eigenvalue weighted by Crippen LogP contribution is -2.35. The van der Waals surface area contributed by atoms with E-state index in [2.05, 4.69) is 10.6 Å². The Morgan fingerprint density at radius 3 is 2.70 bits per heavy atom. The molecule has 0 saturated carbocycles. The zero-order valence-corrected chi connectivity index (χ0v) is 11.1. The molecule has 1 heterocycles. The number of carbonyl (C=O) groups excluding carboxylic acids is 1. The van der Waals surface area contributed by atoms with E-state index in [4.69, 9.17) is 4.42 Å². The highest BCUT2D eigenvalue weighted by molar-refractivity contribution is 5.77. The third-order valence-corrected chi connectivity index (χ3v) is 2.83. The van der Waals surface area contributed by atoms with Crippen molar-refractivity contribution in [1.29, 1.82) is 0 Å². The molecule has 5 nitrogen and oxygen atoms in total. The predicted octanol–water partition coefficient (Wildman–Crippen LogP) is 1.22. The molecule has 0 aliphatic rings. The van der Waals surface area contributed by atoms with Gasteiger partial charge < -0.3 is 20.2 Å². The van der Waals surface area contributed by atoms with E-state index < -0.39 is 6.10 Å². The quantitative estimate of drug-likeness (QED) is 0.709. The number of hydrogen-bond donors (Lipinski definition) is 3. The van der Waals surface area contributed by atoms with Crippen molar-refractivity contribution in [3.05, 3.63) is 60.1 Å². The molecule has 1 aromatic heterocycles. The number of aliphatic hydroxyl groups excluding tert-OH is 1. The summed E-state index contributed by atoms with van der Waals surface area (Å²) in [6, 6.07) is 13.1. The Balaban J connectivity index is 1.63. The van der Waals surface area contributed by atoms with E-state index in [1.54, 1.807) is 12.1 Å². The standard InChI is InChI=1S/C15H18N2O3/c18-13(14-7-4-8-20-14)10-16-11-15(19)17-9-12-5-2-1-3-6-12/h1-8,13,16,18H,9-11H2,(H,17,19). The third kappa shape index (κ3) is 4.53. The van der Waals surface area contributed by atoms with Crippen LogP contribution in [0.3, 0.4) is 0 Å². The number of benzene rings is 1. The molecule has 1 atom stereocenters. The molecule has 5 heteroatoms. The van der Waals surface area contributed by atoms with Gasteiger partial charge in [-0.05, 0) is 17.7 Å². The highest BCUT2D eigenvalue weighted by atomic mass is 16.4. The summed E-state index contributed by atoms with van der Waals surface area (Å²) in [5, 5.41) is 15.4. The second-order valence-corrected chi connectivity index (χ2v) is 4.42. The topological polar surface area (TPSA) is 74.5 Å². The summed E-state index contributed by atoms with van der Waals surface area (Å²) < 4.78 is 5.07. The first-order chi connectivity index (χ1) is 9.75. The monoisotopic (exact) mass is 274 g/mol. The summed E-state index contributed by atoms with van der Waals surface area (Å²) >= 11 is 0. The van der Waals surface area contributed by atoms with Gasteiger partial charge in [-0.15, -0.1) is 0 Å². The molecule has 0 bridgehead atoms. The maximum Gasteiger partial charge on any atom is 0.234 e. The second-order valence-electron chi connectivity index (χ2n) is 4.42. The molecule has 0 aliphatic heterocycles. The number of hydrogen-bond acceptors (Lipinski definition) is 4. The molecule has 1 aromatic carbocycles. The van der Waals surface area contributed by atoms with Crippen LogP contribution in [0.1, 0.15) is 17.4 Å². The van der Waals surface area contributed by atoms with Crippen LogP contribution in [0.2, 0.25) is 0 Å². The van der Waals surface area contributed by atoms with Crippen LogP contribution in [0.4, 0.5) is 0 Å². The fourth-order valence-electron chi connectivity index (χ4n) is 1.76. The van der Waals surface area contributed by atoms with E-state index >= 15 is 0 Å². The molecule has 2 aromatic rings. The summed E-state index contributed by atoms with van der Waals surface area (Å²) in [6.45, 7) is 0.930. The lowest BCUT2D eigenvalue weighted by Gasteiger charge is -2.10. The summed E-state index contributed by atoms with van der Waals surface area (Å²) in [5.41, 5.74) is 1.05. The van der Waals surface area contributed by atoms with Crippen molar-refractivity contribution in [1.82, 2.24) is 10.6 Å². The molecule has 1 unspecified atom stereocenters. The molecule has 0 spiro atoms. The summed E-state index contributed by atoms with van der Waals surface area (Å²) in [7, 11) is 0. The predicted molar refractivity (Wildman–Crippen MR) is 74.8 cm³/mol. The number of carbonyl (C=O) groups is 1. The van der Waals surface area contributed by atoms with Gasteiger partial charge in [-0.3, -0.25) is 4.79 Å².